The van der Waals surface area contributed by atoms with E-state index in [-0.39, 0.29) is 11.1 Å². The maximum Gasteiger partial charge on any atom is 0.130 e. The minimum atomic E-state index is -0.794. The van der Waals surface area contributed by atoms with Crippen LogP contribution in [0.4, 0.5) is 4.39 Å². The predicted molar refractivity (Wildman–Crippen MR) is 55.5 cm³/mol. The zero-order chi connectivity index (χ0) is 11.4. The molecule has 15 heavy (non-hydrogen) atoms. The third-order valence-electron chi connectivity index (χ3n) is 2.18. The van der Waals surface area contributed by atoms with Crippen molar-refractivity contribution in [1.82, 2.24) is 0 Å². The van der Waals surface area contributed by atoms with Crippen LogP contribution in [0.25, 0.3) is 0 Å². The molecule has 0 aliphatic carbocycles. The highest BCUT2D eigenvalue weighted by molar-refractivity contribution is 5.33. The summed E-state index contributed by atoms with van der Waals surface area (Å²) >= 11 is 0. The van der Waals surface area contributed by atoms with Crippen molar-refractivity contribution in [3.05, 3.63) is 35.1 Å². The van der Waals surface area contributed by atoms with Crippen LogP contribution >= 0.6 is 0 Å². The fraction of sp³-hybridized carbons (Fsp3) is 0.417. The Bertz CT molecular complexity index is 382. The lowest BCUT2D eigenvalue weighted by Gasteiger charge is -2.14. The quantitative estimate of drug-likeness (QED) is 0.828. The molecule has 0 fully saturated rings. The second-order valence-corrected chi connectivity index (χ2v) is 3.99. The summed E-state index contributed by atoms with van der Waals surface area (Å²) in [6.45, 7) is 3.93. The maximum absolute atomic E-state index is 13.4. The number of hydrogen-bond acceptors (Lipinski definition) is 2. The van der Waals surface area contributed by atoms with Crippen LogP contribution in [0.3, 0.4) is 0 Å². The first-order valence-corrected chi connectivity index (χ1v) is 4.92. The molecule has 0 bridgehead atoms. The van der Waals surface area contributed by atoms with Crippen molar-refractivity contribution in [2.24, 2.45) is 5.92 Å². The Labute approximate surface area is 89.0 Å². The molecule has 0 radical (unpaired) electrons. The summed E-state index contributed by atoms with van der Waals surface area (Å²) in [5.41, 5.74) is 0.538. The largest absolute Gasteiger partial charge is 0.388 e. The van der Waals surface area contributed by atoms with E-state index in [9.17, 15) is 9.50 Å². The summed E-state index contributed by atoms with van der Waals surface area (Å²) < 4.78 is 13.4. The normalized spacial score (nSPS) is 12.5. The van der Waals surface area contributed by atoms with Gasteiger partial charge < -0.3 is 5.11 Å². The van der Waals surface area contributed by atoms with Crippen LogP contribution in [0.5, 0.6) is 0 Å². The third kappa shape index (κ3) is 3.03. The molecule has 0 saturated carbocycles. The van der Waals surface area contributed by atoms with Gasteiger partial charge in [0.15, 0.2) is 0 Å². The zero-order valence-corrected chi connectivity index (χ0v) is 8.87. The molecule has 0 spiro atoms. The van der Waals surface area contributed by atoms with Crippen molar-refractivity contribution >= 4 is 0 Å². The van der Waals surface area contributed by atoms with E-state index in [1.54, 1.807) is 0 Å². The van der Waals surface area contributed by atoms with Crippen molar-refractivity contribution in [1.29, 1.82) is 5.26 Å². The number of rotatable bonds is 3. The number of halogens is 1. The molecule has 2 nitrogen and oxygen atoms in total. The van der Waals surface area contributed by atoms with E-state index >= 15 is 0 Å². The average molecular weight is 207 g/mol. The molecule has 0 saturated heterocycles. The first-order valence-electron chi connectivity index (χ1n) is 4.92. The van der Waals surface area contributed by atoms with Crippen molar-refractivity contribution in [3.8, 4) is 6.07 Å². The second kappa shape index (κ2) is 4.90. The van der Waals surface area contributed by atoms with Gasteiger partial charge in [0.2, 0.25) is 0 Å². The molecule has 1 aromatic carbocycles. The average Bonchev–Trinajstić information content (AvgIpc) is 2.16. The standard InChI is InChI=1S/C12H14FNO/c1-8(2)5-12(15)10-4-3-9(7-14)6-11(10)13/h3-4,6,8,12,15H,5H2,1-2H3. The van der Waals surface area contributed by atoms with Crippen LogP contribution in [-0.2, 0) is 0 Å². The molecule has 3 heteroatoms. The van der Waals surface area contributed by atoms with Gasteiger partial charge in [0.25, 0.3) is 0 Å². The number of benzene rings is 1. The summed E-state index contributed by atoms with van der Waals surface area (Å²) in [4.78, 5) is 0. The lowest BCUT2D eigenvalue weighted by Crippen LogP contribution is -2.04. The predicted octanol–water partition coefficient (Wildman–Crippen LogP) is 2.78. The number of nitriles is 1. The SMILES string of the molecule is CC(C)CC(O)c1ccc(C#N)cc1F. The number of aliphatic hydroxyl groups is 1. The molecule has 0 aliphatic heterocycles. The highest BCUT2D eigenvalue weighted by Gasteiger charge is 2.14. The minimum absolute atomic E-state index is 0.266. The third-order valence-corrected chi connectivity index (χ3v) is 2.18. The van der Waals surface area contributed by atoms with Gasteiger partial charge in [-0.1, -0.05) is 19.9 Å². The van der Waals surface area contributed by atoms with E-state index in [2.05, 4.69) is 0 Å². The monoisotopic (exact) mass is 207 g/mol. The molecule has 0 heterocycles. The van der Waals surface area contributed by atoms with Crippen LogP contribution in [0.15, 0.2) is 18.2 Å². The highest BCUT2D eigenvalue weighted by atomic mass is 19.1. The molecule has 1 atom stereocenters. The molecule has 80 valence electrons. The van der Waals surface area contributed by atoms with Crippen LogP contribution in [-0.4, -0.2) is 5.11 Å². The Morgan fingerprint density at radius 1 is 1.47 bits per heavy atom. The smallest absolute Gasteiger partial charge is 0.130 e. The van der Waals surface area contributed by atoms with Gasteiger partial charge in [-0.2, -0.15) is 5.26 Å². The van der Waals surface area contributed by atoms with Gasteiger partial charge in [0, 0.05) is 5.56 Å². The Morgan fingerprint density at radius 3 is 2.60 bits per heavy atom. The Morgan fingerprint density at radius 2 is 2.13 bits per heavy atom. The highest BCUT2D eigenvalue weighted by Crippen LogP contribution is 2.23. The van der Waals surface area contributed by atoms with E-state index < -0.39 is 11.9 Å². The summed E-state index contributed by atoms with van der Waals surface area (Å²) in [6.07, 6.45) is -0.277. The fourth-order valence-electron chi connectivity index (χ4n) is 1.44. The minimum Gasteiger partial charge on any atom is -0.388 e. The molecule has 1 N–H and O–H groups in total. The fourth-order valence-corrected chi connectivity index (χ4v) is 1.44. The Kier molecular flexibility index (Phi) is 3.81. The Balaban J connectivity index is 2.91. The molecular formula is C12H14FNO. The van der Waals surface area contributed by atoms with Crippen molar-refractivity contribution in [3.63, 3.8) is 0 Å². The van der Waals surface area contributed by atoms with E-state index in [1.165, 1.54) is 12.1 Å². The van der Waals surface area contributed by atoms with E-state index in [4.69, 9.17) is 5.26 Å². The zero-order valence-electron chi connectivity index (χ0n) is 8.87. The van der Waals surface area contributed by atoms with Crippen LogP contribution < -0.4 is 0 Å². The molecular weight excluding hydrogens is 193 g/mol. The lowest BCUT2D eigenvalue weighted by atomic mass is 9.98. The Hall–Kier alpha value is -1.40. The van der Waals surface area contributed by atoms with Gasteiger partial charge >= 0.3 is 0 Å². The van der Waals surface area contributed by atoms with E-state index in [1.807, 2.05) is 19.9 Å². The lowest BCUT2D eigenvalue weighted by molar-refractivity contribution is 0.147. The number of nitrogens with zero attached hydrogens (tertiary/aromatic N) is 1. The topological polar surface area (TPSA) is 44.0 Å². The van der Waals surface area contributed by atoms with Crippen molar-refractivity contribution in [2.75, 3.05) is 0 Å². The summed E-state index contributed by atoms with van der Waals surface area (Å²) in [5, 5.41) is 18.3. The number of aliphatic hydroxyl groups excluding tert-OH is 1. The summed E-state index contributed by atoms with van der Waals surface area (Å²) in [5.74, 6) is -0.211. The molecule has 0 amide bonds. The van der Waals surface area contributed by atoms with Crippen LogP contribution in [0.1, 0.15) is 37.5 Å². The van der Waals surface area contributed by atoms with E-state index in [0.29, 0.717) is 12.3 Å². The summed E-state index contributed by atoms with van der Waals surface area (Å²) in [7, 11) is 0. The second-order valence-electron chi connectivity index (χ2n) is 3.99. The molecule has 1 unspecified atom stereocenters. The van der Waals surface area contributed by atoms with Crippen molar-refractivity contribution < 1.29 is 9.50 Å². The van der Waals surface area contributed by atoms with Gasteiger partial charge in [0.05, 0.1) is 17.7 Å². The first-order chi connectivity index (χ1) is 7.04. The van der Waals surface area contributed by atoms with E-state index in [0.717, 1.165) is 6.07 Å². The maximum atomic E-state index is 13.4. The van der Waals surface area contributed by atoms with Gasteiger partial charge in [-0.3, -0.25) is 0 Å². The molecule has 0 aromatic heterocycles. The van der Waals surface area contributed by atoms with Gasteiger partial charge in [0.1, 0.15) is 5.82 Å². The molecule has 1 rings (SSSR count). The van der Waals surface area contributed by atoms with Crippen LogP contribution in [0.2, 0.25) is 0 Å². The van der Waals surface area contributed by atoms with Gasteiger partial charge in [-0.25, -0.2) is 4.39 Å². The molecule has 0 aliphatic rings. The van der Waals surface area contributed by atoms with Crippen LogP contribution in [0, 0.1) is 23.1 Å². The molecule has 1 aromatic rings. The van der Waals surface area contributed by atoms with Crippen molar-refractivity contribution in [2.45, 2.75) is 26.4 Å². The number of hydrogen-bond donors (Lipinski definition) is 1. The first kappa shape index (κ1) is 11.7. The van der Waals surface area contributed by atoms with Gasteiger partial charge in [-0.15, -0.1) is 0 Å². The summed E-state index contributed by atoms with van der Waals surface area (Å²) in [6, 6.07) is 5.99. The van der Waals surface area contributed by atoms with Gasteiger partial charge in [-0.05, 0) is 24.5 Å².